The molecule has 4 rings (SSSR count). The number of piperidine rings is 2. The molecule has 3 heterocycles. The highest BCUT2D eigenvalue weighted by molar-refractivity contribution is 7.91. The molecule has 0 aliphatic carbocycles. The number of carbonyl (C=O) groups is 2. The van der Waals surface area contributed by atoms with Crippen LogP contribution in [-0.4, -0.2) is 62.3 Å². The summed E-state index contributed by atoms with van der Waals surface area (Å²) in [5.41, 5.74) is 0.752. The maximum atomic E-state index is 13.1. The van der Waals surface area contributed by atoms with Crippen molar-refractivity contribution in [3.8, 4) is 0 Å². The second-order valence-electron chi connectivity index (χ2n) is 8.64. The molecular weight excluding hydrogens is 465 g/mol. The number of thiophene rings is 1. The van der Waals surface area contributed by atoms with E-state index in [1.807, 2.05) is 0 Å². The first-order valence-corrected chi connectivity index (χ1v) is 13.5. The minimum atomic E-state index is -3.52. The van der Waals surface area contributed by atoms with Gasteiger partial charge in [0.1, 0.15) is 10.0 Å². The second-order valence-corrected chi connectivity index (χ2v) is 11.5. The van der Waals surface area contributed by atoms with Crippen molar-refractivity contribution in [1.82, 2.24) is 14.5 Å². The molecule has 1 unspecified atom stereocenters. The fourth-order valence-electron chi connectivity index (χ4n) is 4.46. The zero-order valence-corrected chi connectivity index (χ0v) is 19.9. The van der Waals surface area contributed by atoms with E-state index in [1.54, 1.807) is 39.4 Å². The maximum absolute atomic E-state index is 13.1. The predicted octanol–water partition coefficient (Wildman–Crippen LogP) is 2.64. The van der Waals surface area contributed by atoms with Crippen LogP contribution in [0.1, 0.15) is 31.2 Å². The molecular formula is C23H28FN3O4S2. The number of likely N-dealkylation sites (tertiary alicyclic amines) is 2. The van der Waals surface area contributed by atoms with Crippen molar-refractivity contribution < 1.29 is 22.4 Å². The lowest BCUT2D eigenvalue weighted by Gasteiger charge is -2.38. The number of sulfonamides is 1. The van der Waals surface area contributed by atoms with Gasteiger partial charge in [0.25, 0.3) is 0 Å². The van der Waals surface area contributed by atoms with Gasteiger partial charge in [0.15, 0.2) is 0 Å². The van der Waals surface area contributed by atoms with E-state index < -0.39 is 10.0 Å². The van der Waals surface area contributed by atoms with E-state index in [4.69, 9.17) is 0 Å². The molecule has 10 heteroatoms. The van der Waals surface area contributed by atoms with Crippen LogP contribution in [0.3, 0.4) is 0 Å². The molecule has 0 bridgehead atoms. The Hall–Kier alpha value is -2.30. The highest BCUT2D eigenvalue weighted by Crippen LogP contribution is 2.23. The molecule has 2 saturated heterocycles. The van der Waals surface area contributed by atoms with E-state index in [2.05, 4.69) is 4.72 Å². The molecule has 33 heavy (non-hydrogen) atoms. The lowest BCUT2D eigenvalue weighted by molar-refractivity contribution is -0.141. The van der Waals surface area contributed by atoms with Crippen LogP contribution in [0.5, 0.6) is 0 Å². The SMILES string of the molecule is O=C(Cc1ccc(F)cc1)N1CCCC(C(=O)N2CCC(NS(=O)(=O)c3cccs3)CC2)C1. The first-order chi connectivity index (χ1) is 15.8. The van der Waals surface area contributed by atoms with Crippen LogP contribution in [0.25, 0.3) is 0 Å². The van der Waals surface area contributed by atoms with Crippen LogP contribution in [0.2, 0.25) is 0 Å². The minimum Gasteiger partial charge on any atom is -0.342 e. The number of hydrogen-bond donors (Lipinski definition) is 1. The molecule has 1 aromatic heterocycles. The Labute approximate surface area is 197 Å². The Kier molecular flexibility index (Phi) is 7.45. The van der Waals surface area contributed by atoms with Crippen molar-refractivity contribution in [2.24, 2.45) is 5.92 Å². The van der Waals surface area contributed by atoms with E-state index in [1.165, 1.54) is 23.5 Å². The minimum absolute atomic E-state index is 0.0360. The Balaban J connectivity index is 1.27. The van der Waals surface area contributed by atoms with Gasteiger partial charge < -0.3 is 9.80 Å². The van der Waals surface area contributed by atoms with Gasteiger partial charge in [-0.2, -0.15) is 0 Å². The molecule has 7 nitrogen and oxygen atoms in total. The van der Waals surface area contributed by atoms with E-state index >= 15 is 0 Å². The summed E-state index contributed by atoms with van der Waals surface area (Å²) in [5.74, 6) is -0.595. The van der Waals surface area contributed by atoms with Crippen LogP contribution in [0.4, 0.5) is 4.39 Å². The molecule has 2 aliphatic rings. The molecule has 2 aliphatic heterocycles. The lowest BCUT2D eigenvalue weighted by atomic mass is 9.94. The molecule has 1 N–H and O–H groups in total. The summed E-state index contributed by atoms with van der Waals surface area (Å²) in [7, 11) is -3.52. The van der Waals surface area contributed by atoms with Crippen LogP contribution in [-0.2, 0) is 26.0 Å². The highest BCUT2D eigenvalue weighted by atomic mass is 32.2. The van der Waals surface area contributed by atoms with E-state index in [-0.39, 0.29) is 36.0 Å². The summed E-state index contributed by atoms with van der Waals surface area (Å²) in [4.78, 5) is 29.4. The van der Waals surface area contributed by atoms with Crippen molar-refractivity contribution in [3.05, 3.63) is 53.2 Å². The van der Waals surface area contributed by atoms with Crippen LogP contribution >= 0.6 is 11.3 Å². The third-order valence-electron chi connectivity index (χ3n) is 6.28. The van der Waals surface area contributed by atoms with Crippen molar-refractivity contribution in [2.45, 2.75) is 42.4 Å². The normalized spacial score (nSPS) is 20.1. The molecule has 178 valence electrons. The average molecular weight is 494 g/mol. The average Bonchev–Trinajstić information content (AvgIpc) is 3.37. The molecule has 2 amide bonds. The van der Waals surface area contributed by atoms with Gasteiger partial charge in [-0.3, -0.25) is 9.59 Å². The fraction of sp³-hybridized carbons (Fsp3) is 0.478. The number of nitrogens with one attached hydrogen (secondary N) is 1. The van der Waals surface area contributed by atoms with Gasteiger partial charge in [-0.25, -0.2) is 17.5 Å². The van der Waals surface area contributed by atoms with Gasteiger partial charge in [-0.15, -0.1) is 11.3 Å². The van der Waals surface area contributed by atoms with Gasteiger partial charge in [-0.1, -0.05) is 18.2 Å². The van der Waals surface area contributed by atoms with Gasteiger partial charge in [0.2, 0.25) is 21.8 Å². The number of carbonyl (C=O) groups excluding carboxylic acids is 2. The maximum Gasteiger partial charge on any atom is 0.250 e. The first-order valence-electron chi connectivity index (χ1n) is 11.2. The van der Waals surface area contributed by atoms with Gasteiger partial charge in [0.05, 0.1) is 12.3 Å². The van der Waals surface area contributed by atoms with Crippen molar-refractivity contribution >= 4 is 33.2 Å². The van der Waals surface area contributed by atoms with Crippen LogP contribution < -0.4 is 4.72 Å². The third-order valence-corrected chi connectivity index (χ3v) is 9.20. The predicted molar refractivity (Wildman–Crippen MR) is 124 cm³/mol. The summed E-state index contributed by atoms with van der Waals surface area (Å²) in [6.07, 6.45) is 2.83. The Morgan fingerprint density at radius 3 is 2.42 bits per heavy atom. The van der Waals surface area contributed by atoms with Crippen molar-refractivity contribution in [2.75, 3.05) is 26.2 Å². The molecule has 0 radical (unpaired) electrons. The Bertz CT molecular complexity index is 1070. The van der Waals surface area contributed by atoms with Crippen molar-refractivity contribution in [3.63, 3.8) is 0 Å². The molecule has 1 atom stereocenters. The van der Waals surface area contributed by atoms with Gasteiger partial charge in [0, 0.05) is 32.2 Å². The number of hydrogen-bond acceptors (Lipinski definition) is 5. The van der Waals surface area contributed by atoms with Crippen LogP contribution in [0.15, 0.2) is 46.0 Å². The lowest BCUT2D eigenvalue weighted by Crippen LogP contribution is -2.51. The van der Waals surface area contributed by atoms with Gasteiger partial charge in [-0.05, 0) is 54.8 Å². The smallest absolute Gasteiger partial charge is 0.250 e. The second kappa shape index (κ2) is 10.3. The summed E-state index contributed by atoms with van der Waals surface area (Å²) >= 11 is 1.18. The standard InChI is InChI=1S/C23H28FN3O4S2/c24-19-7-5-17(6-8-19)15-21(28)27-11-1-3-18(16-27)23(29)26-12-9-20(10-13-26)25-33(30,31)22-4-2-14-32-22/h2,4-8,14,18,20,25H,1,3,9-13,15-16H2. The van der Waals surface area contributed by atoms with Gasteiger partial charge >= 0.3 is 0 Å². The number of nitrogens with zero attached hydrogens (tertiary/aromatic N) is 2. The number of halogens is 1. The van der Waals surface area contributed by atoms with Crippen molar-refractivity contribution in [1.29, 1.82) is 0 Å². The molecule has 0 spiro atoms. The third kappa shape index (κ3) is 5.99. The van der Waals surface area contributed by atoms with E-state index in [0.29, 0.717) is 43.2 Å². The monoisotopic (exact) mass is 493 g/mol. The first kappa shape index (κ1) is 23.8. The zero-order chi connectivity index (χ0) is 23.4. The molecule has 0 saturated carbocycles. The Morgan fingerprint density at radius 2 is 1.76 bits per heavy atom. The van der Waals surface area contributed by atoms with E-state index in [9.17, 15) is 22.4 Å². The topological polar surface area (TPSA) is 86.8 Å². The molecule has 2 fully saturated rings. The number of amides is 2. The van der Waals surface area contributed by atoms with Crippen LogP contribution in [0, 0.1) is 11.7 Å². The summed E-state index contributed by atoms with van der Waals surface area (Å²) in [6, 6.07) is 9.00. The number of benzene rings is 1. The molecule has 1 aromatic carbocycles. The summed E-state index contributed by atoms with van der Waals surface area (Å²) in [6.45, 7) is 2.01. The fourth-order valence-corrected chi connectivity index (χ4v) is 6.78. The Morgan fingerprint density at radius 1 is 1.03 bits per heavy atom. The summed E-state index contributed by atoms with van der Waals surface area (Å²) < 4.78 is 41.0. The summed E-state index contributed by atoms with van der Waals surface area (Å²) in [5, 5.41) is 1.73. The zero-order valence-electron chi connectivity index (χ0n) is 18.3. The highest BCUT2D eigenvalue weighted by Gasteiger charge is 2.33. The molecule has 2 aromatic rings. The van der Waals surface area contributed by atoms with E-state index in [0.717, 1.165) is 18.4 Å². The number of rotatable bonds is 6. The largest absolute Gasteiger partial charge is 0.342 e. The quantitative estimate of drug-likeness (QED) is 0.670.